The van der Waals surface area contributed by atoms with E-state index < -0.39 is 27.7 Å². The van der Waals surface area contributed by atoms with Crippen molar-refractivity contribution in [1.82, 2.24) is 4.90 Å². The van der Waals surface area contributed by atoms with Gasteiger partial charge in [0, 0.05) is 18.5 Å². The number of allylic oxidation sites excluding steroid dienone is 1. The smallest absolute Gasteiger partial charge is 0.168 e. The Morgan fingerprint density at radius 2 is 1.85 bits per heavy atom. The predicted octanol–water partition coefficient (Wildman–Crippen LogP) is -1.54. The fourth-order valence-electron chi connectivity index (χ4n) is 2.51. The number of ether oxygens (including phenoxy) is 1. The molecule has 1 N–H and O–H groups in total. The number of benzene rings is 1. The van der Waals surface area contributed by atoms with Crippen molar-refractivity contribution in [2.24, 2.45) is 0 Å². The minimum absolute atomic E-state index is 0.143. The SMILES string of the molecule is COc1ccccc1/C(C)=C/CN(C)CCCC([P+]([O-])([O-])[O-])[P+]([O-])([O-])O. The molecule has 1 aromatic rings. The lowest BCUT2D eigenvalue weighted by Crippen LogP contribution is -2.47. The van der Waals surface area contributed by atoms with E-state index in [1.165, 1.54) is 0 Å². The van der Waals surface area contributed by atoms with Crippen molar-refractivity contribution in [3.05, 3.63) is 35.9 Å². The molecule has 26 heavy (non-hydrogen) atoms. The van der Waals surface area contributed by atoms with Gasteiger partial charge in [-0.05, 0) is 38.6 Å². The van der Waals surface area contributed by atoms with Crippen LogP contribution in [0.1, 0.15) is 25.3 Å². The number of para-hydroxylation sites is 1. The van der Waals surface area contributed by atoms with E-state index in [-0.39, 0.29) is 6.42 Å². The van der Waals surface area contributed by atoms with Crippen LogP contribution >= 0.6 is 15.9 Å². The summed E-state index contributed by atoms with van der Waals surface area (Å²) in [5.74, 6) is 0.752. The third kappa shape index (κ3) is 7.53. The summed E-state index contributed by atoms with van der Waals surface area (Å²) in [6, 6.07) is 7.57. The van der Waals surface area contributed by atoms with Gasteiger partial charge in [-0.2, -0.15) is 0 Å². The van der Waals surface area contributed by atoms with Crippen LogP contribution in [0, 0.1) is 0 Å². The third-order valence-electron chi connectivity index (χ3n) is 3.98. The van der Waals surface area contributed by atoms with Gasteiger partial charge < -0.3 is 34.1 Å². The van der Waals surface area contributed by atoms with Gasteiger partial charge in [-0.3, -0.25) is 4.89 Å². The number of nitrogens with zero attached hydrogens (tertiary/aromatic N) is 1. The van der Waals surface area contributed by atoms with Crippen LogP contribution in [-0.2, 0) is 0 Å². The summed E-state index contributed by atoms with van der Waals surface area (Å²) in [7, 11) is -7.25. The Morgan fingerprint density at radius 3 is 2.38 bits per heavy atom. The van der Waals surface area contributed by atoms with Crippen LogP contribution in [-0.4, -0.2) is 42.4 Å². The minimum Gasteiger partial charge on any atom is -0.685 e. The Hall–Kier alpha value is -0.660. The number of rotatable bonds is 10. The van der Waals surface area contributed by atoms with Crippen molar-refractivity contribution >= 4 is 21.5 Å². The lowest BCUT2D eigenvalue weighted by molar-refractivity contribution is -0.431. The van der Waals surface area contributed by atoms with E-state index in [1.807, 2.05) is 42.2 Å². The third-order valence-corrected chi connectivity index (χ3v) is 7.71. The van der Waals surface area contributed by atoms with Gasteiger partial charge in [0.1, 0.15) is 5.75 Å². The Labute approximate surface area is 155 Å². The van der Waals surface area contributed by atoms with Gasteiger partial charge in [0.15, 0.2) is 5.40 Å². The predicted molar refractivity (Wildman–Crippen MR) is 93.2 cm³/mol. The molecule has 0 saturated heterocycles. The molecular formula is C16H24NO7P2-3. The standard InChI is InChI=1S/C16H27NO7P2/c1-13(14-7-4-5-8-15(14)24-3)10-12-17(2)11-6-9-16(25(18,19)20)26(21,22)23/h4-5,7-8,10,16H,6,9,11-12H2,1-3H3,(H2,18,19,20)(H2,21,22,23)/p-3/b13-10+. The molecule has 1 unspecified atom stereocenters. The summed E-state index contributed by atoms with van der Waals surface area (Å²) in [6.45, 7) is 2.84. The second kappa shape index (κ2) is 10.0. The lowest BCUT2D eigenvalue weighted by Gasteiger charge is -2.52. The van der Waals surface area contributed by atoms with Crippen LogP contribution in [0.4, 0.5) is 0 Å². The summed E-state index contributed by atoms with van der Waals surface area (Å²) >= 11 is 0. The maximum Gasteiger partial charge on any atom is 0.168 e. The van der Waals surface area contributed by atoms with Gasteiger partial charge in [-0.15, -0.1) is 7.94 Å². The number of methoxy groups -OCH3 is 1. The zero-order valence-electron chi connectivity index (χ0n) is 15.0. The Morgan fingerprint density at radius 1 is 1.23 bits per heavy atom. The Bertz CT molecular complexity index is 585. The molecule has 10 heteroatoms. The van der Waals surface area contributed by atoms with E-state index in [9.17, 15) is 24.5 Å². The maximum atomic E-state index is 11.1. The fourth-order valence-corrected chi connectivity index (χ4v) is 4.95. The molecule has 0 saturated carbocycles. The van der Waals surface area contributed by atoms with Crippen LogP contribution < -0.4 is 29.2 Å². The minimum atomic E-state index is -5.41. The highest BCUT2D eigenvalue weighted by Crippen LogP contribution is 2.59. The molecule has 0 amide bonds. The van der Waals surface area contributed by atoms with Gasteiger partial charge in [0.25, 0.3) is 0 Å². The van der Waals surface area contributed by atoms with Crippen LogP contribution in [0.3, 0.4) is 0 Å². The van der Waals surface area contributed by atoms with Crippen molar-refractivity contribution in [3.63, 3.8) is 0 Å². The topological polar surface area (TPSA) is 148 Å². The molecule has 0 fully saturated rings. The second-order valence-electron chi connectivity index (χ2n) is 6.08. The first-order chi connectivity index (χ1) is 12.0. The highest BCUT2D eigenvalue weighted by Gasteiger charge is 2.32. The van der Waals surface area contributed by atoms with Crippen LogP contribution in [0.25, 0.3) is 5.57 Å². The molecular weight excluding hydrogens is 380 g/mol. The first-order valence-corrected chi connectivity index (χ1v) is 11.3. The normalized spacial score (nSPS) is 14.6. The molecule has 0 radical (unpaired) electrons. The monoisotopic (exact) mass is 404 g/mol. The quantitative estimate of drug-likeness (QED) is 0.461. The summed E-state index contributed by atoms with van der Waals surface area (Å²) in [5, 5.41) is -2.27. The van der Waals surface area contributed by atoms with E-state index in [1.54, 1.807) is 14.2 Å². The van der Waals surface area contributed by atoms with Gasteiger partial charge in [0.05, 0.1) is 15.1 Å². The highest BCUT2D eigenvalue weighted by atomic mass is 31.3. The van der Waals surface area contributed by atoms with E-state index in [0.29, 0.717) is 13.1 Å². The Kier molecular flexibility index (Phi) is 9.03. The summed E-state index contributed by atoms with van der Waals surface area (Å²) in [6.07, 6.45) is 1.68. The van der Waals surface area contributed by atoms with Crippen molar-refractivity contribution in [2.45, 2.75) is 25.2 Å². The second-order valence-corrected chi connectivity index (χ2v) is 9.94. The van der Waals surface area contributed by atoms with Gasteiger partial charge in [-0.25, -0.2) is 0 Å². The molecule has 0 bridgehead atoms. The molecule has 0 heterocycles. The molecule has 1 rings (SSSR count). The zero-order valence-corrected chi connectivity index (χ0v) is 16.8. The molecule has 0 aliphatic rings. The molecule has 1 aromatic carbocycles. The molecule has 148 valence electrons. The highest BCUT2D eigenvalue weighted by molar-refractivity contribution is 7.73. The van der Waals surface area contributed by atoms with Crippen molar-refractivity contribution in [1.29, 1.82) is 0 Å². The van der Waals surface area contributed by atoms with E-state index in [0.717, 1.165) is 16.9 Å². The van der Waals surface area contributed by atoms with Gasteiger partial charge >= 0.3 is 0 Å². The molecule has 0 aromatic heterocycles. The summed E-state index contributed by atoms with van der Waals surface area (Å²) in [5.41, 5.74) is 1.95. The average molecular weight is 404 g/mol. The van der Waals surface area contributed by atoms with Crippen molar-refractivity contribution in [3.8, 4) is 5.75 Å². The fraction of sp³-hybridized carbons (Fsp3) is 0.500. The average Bonchev–Trinajstić information content (AvgIpc) is 2.54. The van der Waals surface area contributed by atoms with Crippen molar-refractivity contribution < 1.29 is 34.1 Å². The lowest BCUT2D eigenvalue weighted by atomic mass is 10.1. The van der Waals surface area contributed by atoms with Gasteiger partial charge in [-0.1, -0.05) is 24.3 Å². The van der Waals surface area contributed by atoms with E-state index in [2.05, 4.69) is 0 Å². The number of hydrogen-bond acceptors (Lipinski definition) is 8. The van der Waals surface area contributed by atoms with Gasteiger partial charge in [0.2, 0.25) is 0 Å². The first kappa shape index (κ1) is 23.4. The molecule has 0 aliphatic carbocycles. The van der Waals surface area contributed by atoms with E-state index in [4.69, 9.17) is 9.63 Å². The number of likely N-dealkylation sites (N-methyl/N-ethyl adjacent to an activating group) is 1. The maximum absolute atomic E-state index is 11.1. The van der Waals surface area contributed by atoms with Crippen molar-refractivity contribution in [2.75, 3.05) is 27.2 Å². The zero-order chi connectivity index (χ0) is 20.0. The number of hydrogen-bond donors (Lipinski definition) is 1. The largest absolute Gasteiger partial charge is 0.685 e. The Balaban J connectivity index is 2.58. The van der Waals surface area contributed by atoms with Crippen LogP contribution in [0.15, 0.2) is 30.3 Å². The first-order valence-electron chi connectivity index (χ1n) is 8.00. The van der Waals surface area contributed by atoms with Crippen LogP contribution in [0.5, 0.6) is 5.75 Å². The van der Waals surface area contributed by atoms with Crippen LogP contribution in [0.2, 0.25) is 0 Å². The molecule has 0 spiro atoms. The molecule has 1 atom stereocenters. The molecule has 8 nitrogen and oxygen atoms in total. The molecule has 0 aliphatic heterocycles. The summed E-state index contributed by atoms with van der Waals surface area (Å²) < 4.78 is 5.31. The summed E-state index contributed by atoms with van der Waals surface area (Å²) in [4.78, 5) is 65.9. The van der Waals surface area contributed by atoms with E-state index >= 15 is 0 Å².